The van der Waals surface area contributed by atoms with Crippen LogP contribution in [0.5, 0.6) is 11.5 Å². The number of thioether (sulfide) groups is 1. The zero-order chi connectivity index (χ0) is 24.0. The third kappa shape index (κ3) is 6.01. The molecule has 0 fully saturated rings. The number of aryl methyl sites for hydroxylation is 2. The van der Waals surface area contributed by atoms with E-state index in [1.165, 1.54) is 23.9 Å². The van der Waals surface area contributed by atoms with E-state index in [1.807, 2.05) is 36.6 Å². The molecule has 1 heterocycles. The first-order chi connectivity index (χ1) is 15.8. The Morgan fingerprint density at radius 2 is 1.97 bits per heavy atom. The van der Waals surface area contributed by atoms with E-state index >= 15 is 0 Å². The maximum absolute atomic E-state index is 12.4. The van der Waals surface area contributed by atoms with Crippen LogP contribution in [0.15, 0.2) is 41.6 Å². The molecule has 0 aliphatic heterocycles. The van der Waals surface area contributed by atoms with Gasteiger partial charge < -0.3 is 19.4 Å². The zero-order valence-corrected chi connectivity index (χ0v) is 19.6. The number of amides is 1. The molecule has 0 unspecified atom stereocenters. The Hall–Kier alpha value is -3.60. The zero-order valence-electron chi connectivity index (χ0n) is 18.8. The van der Waals surface area contributed by atoms with Gasteiger partial charge in [-0.3, -0.25) is 14.9 Å². The van der Waals surface area contributed by atoms with Crippen molar-refractivity contribution in [2.24, 2.45) is 0 Å². The minimum Gasteiger partial charge on any atom is -0.493 e. The highest BCUT2D eigenvalue weighted by molar-refractivity contribution is 7.99. The van der Waals surface area contributed by atoms with Crippen molar-refractivity contribution in [3.05, 3.63) is 63.5 Å². The maximum Gasteiger partial charge on any atom is 0.271 e. The van der Waals surface area contributed by atoms with Crippen molar-refractivity contribution in [3.8, 4) is 11.5 Å². The summed E-state index contributed by atoms with van der Waals surface area (Å²) in [6.07, 6.45) is 0. The summed E-state index contributed by atoms with van der Waals surface area (Å²) in [7, 11) is 1.59. The number of rotatable bonds is 10. The summed E-state index contributed by atoms with van der Waals surface area (Å²) in [5.41, 5.74) is 2.13. The lowest BCUT2D eigenvalue weighted by Crippen LogP contribution is -2.16. The summed E-state index contributed by atoms with van der Waals surface area (Å²) >= 11 is 1.23. The number of aromatic nitrogens is 3. The standard InChI is InChI=1S/C22H25N5O5S/c1-5-26-20(12-32-18-9-6-14(2)10-19(18)31-4)24-25-22(26)33-13-21(28)23-17-11-16(27(29)30)8-7-15(17)3/h6-11H,5,12-13H2,1-4H3,(H,23,28). The average molecular weight is 472 g/mol. The molecular weight excluding hydrogens is 446 g/mol. The first kappa shape index (κ1) is 24.1. The molecule has 174 valence electrons. The Morgan fingerprint density at radius 3 is 2.67 bits per heavy atom. The Morgan fingerprint density at radius 1 is 1.18 bits per heavy atom. The summed E-state index contributed by atoms with van der Waals surface area (Å²) in [5, 5.41) is 22.7. The Labute approximate surface area is 195 Å². The highest BCUT2D eigenvalue weighted by atomic mass is 32.2. The topological polar surface area (TPSA) is 121 Å². The molecule has 0 bridgehead atoms. The van der Waals surface area contributed by atoms with Crippen LogP contribution in [-0.4, -0.2) is 38.5 Å². The fourth-order valence-electron chi connectivity index (χ4n) is 3.06. The molecule has 0 aliphatic rings. The second-order valence-electron chi connectivity index (χ2n) is 7.18. The van der Waals surface area contributed by atoms with Gasteiger partial charge in [-0.1, -0.05) is 23.9 Å². The average Bonchev–Trinajstić information content (AvgIpc) is 3.19. The predicted molar refractivity (Wildman–Crippen MR) is 125 cm³/mol. The van der Waals surface area contributed by atoms with Crippen molar-refractivity contribution in [3.63, 3.8) is 0 Å². The number of nitrogens with zero attached hydrogens (tertiary/aromatic N) is 4. The van der Waals surface area contributed by atoms with Gasteiger partial charge in [0.25, 0.3) is 5.69 Å². The molecule has 1 aromatic heterocycles. The van der Waals surface area contributed by atoms with E-state index < -0.39 is 4.92 Å². The van der Waals surface area contributed by atoms with Crippen molar-refractivity contribution in [1.29, 1.82) is 0 Å². The summed E-state index contributed by atoms with van der Waals surface area (Å²) in [6, 6.07) is 10.0. The fraction of sp³-hybridized carbons (Fsp3) is 0.318. The van der Waals surface area contributed by atoms with Gasteiger partial charge in [0.1, 0.15) is 6.61 Å². The number of nitro groups is 1. The normalized spacial score (nSPS) is 10.7. The third-order valence-corrected chi connectivity index (χ3v) is 5.79. The number of nitrogens with one attached hydrogen (secondary N) is 1. The molecule has 0 radical (unpaired) electrons. The molecule has 0 atom stereocenters. The van der Waals surface area contributed by atoms with Gasteiger partial charge in [-0.05, 0) is 44.0 Å². The van der Waals surface area contributed by atoms with Gasteiger partial charge in [0.05, 0.1) is 23.5 Å². The highest BCUT2D eigenvalue weighted by Crippen LogP contribution is 2.29. The van der Waals surface area contributed by atoms with Crippen LogP contribution < -0.4 is 14.8 Å². The van der Waals surface area contributed by atoms with Gasteiger partial charge in [0.15, 0.2) is 22.5 Å². The number of anilines is 1. The van der Waals surface area contributed by atoms with Crippen LogP contribution in [0.4, 0.5) is 11.4 Å². The fourth-order valence-corrected chi connectivity index (χ4v) is 3.88. The molecule has 1 N–H and O–H groups in total. The van der Waals surface area contributed by atoms with Crippen LogP contribution >= 0.6 is 11.8 Å². The van der Waals surface area contributed by atoms with Gasteiger partial charge in [-0.25, -0.2) is 0 Å². The second kappa shape index (κ2) is 10.8. The number of benzene rings is 2. The van der Waals surface area contributed by atoms with Crippen molar-refractivity contribution in [2.45, 2.75) is 39.1 Å². The lowest BCUT2D eigenvalue weighted by molar-refractivity contribution is -0.384. The van der Waals surface area contributed by atoms with E-state index in [0.29, 0.717) is 34.7 Å². The molecule has 1 amide bonds. The van der Waals surface area contributed by atoms with Gasteiger partial charge in [-0.2, -0.15) is 0 Å². The number of carbonyl (C=O) groups is 1. The number of non-ortho nitro benzene ring substituents is 1. The highest BCUT2D eigenvalue weighted by Gasteiger charge is 2.16. The van der Waals surface area contributed by atoms with Gasteiger partial charge in [0, 0.05) is 18.7 Å². The maximum atomic E-state index is 12.4. The van der Waals surface area contributed by atoms with Crippen LogP contribution in [0.2, 0.25) is 0 Å². The minimum absolute atomic E-state index is 0.0763. The summed E-state index contributed by atoms with van der Waals surface area (Å²) < 4.78 is 13.1. The molecule has 33 heavy (non-hydrogen) atoms. The smallest absolute Gasteiger partial charge is 0.271 e. The first-order valence-electron chi connectivity index (χ1n) is 10.2. The summed E-state index contributed by atoms with van der Waals surface area (Å²) in [6.45, 7) is 6.50. The largest absolute Gasteiger partial charge is 0.493 e. The van der Waals surface area contributed by atoms with Gasteiger partial charge >= 0.3 is 0 Å². The molecule has 0 spiro atoms. The summed E-state index contributed by atoms with van der Waals surface area (Å²) in [5.74, 6) is 1.65. The van der Waals surface area contributed by atoms with Crippen LogP contribution in [0.3, 0.4) is 0 Å². The van der Waals surface area contributed by atoms with Crippen LogP contribution in [0.25, 0.3) is 0 Å². The Balaban J connectivity index is 1.63. The summed E-state index contributed by atoms with van der Waals surface area (Å²) in [4.78, 5) is 22.9. The third-order valence-electron chi connectivity index (χ3n) is 4.82. The van der Waals surface area contributed by atoms with Crippen molar-refractivity contribution in [1.82, 2.24) is 14.8 Å². The van der Waals surface area contributed by atoms with Gasteiger partial charge in [0.2, 0.25) is 5.91 Å². The number of hydrogen-bond donors (Lipinski definition) is 1. The number of carbonyl (C=O) groups excluding carboxylic acids is 1. The molecule has 2 aromatic carbocycles. The number of hydrogen-bond acceptors (Lipinski definition) is 8. The molecule has 0 saturated carbocycles. The van der Waals surface area contributed by atoms with Gasteiger partial charge in [-0.15, -0.1) is 10.2 Å². The predicted octanol–water partition coefficient (Wildman–Crippen LogP) is 4.14. The lowest BCUT2D eigenvalue weighted by Gasteiger charge is -2.12. The molecule has 0 aliphatic carbocycles. The van der Waals surface area contributed by atoms with E-state index in [1.54, 1.807) is 20.1 Å². The Kier molecular flexibility index (Phi) is 7.88. The second-order valence-corrected chi connectivity index (χ2v) is 8.12. The van der Waals surface area contributed by atoms with E-state index in [-0.39, 0.29) is 24.0 Å². The van der Waals surface area contributed by atoms with Crippen molar-refractivity contribution >= 4 is 29.0 Å². The van der Waals surface area contributed by atoms with Crippen LogP contribution in [0, 0.1) is 24.0 Å². The SMILES string of the molecule is CCn1c(COc2ccc(C)cc2OC)nnc1SCC(=O)Nc1cc([N+](=O)[O-])ccc1C. The van der Waals surface area contributed by atoms with E-state index in [0.717, 1.165) is 11.1 Å². The van der Waals surface area contributed by atoms with E-state index in [9.17, 15) is 14.9 Å². The number of ether oxygens (including phenoxy) is 2. The minimum atomic E-state index is -0.497. The van der Waals surface area contributed by atoms with E-state index in [2.05, 4.69) is 15.5 Å². The molecular formula is C22H25N5O5S. The number of nitro benzene ring substituents is 1. The quantitative estimate of drug-likeness (QED) is 0.266. The monoisotopic (exact) mass is 471 g/mol. The molecule has 0 saturated heterocycles. The van der Waals surface area contributed by atoms with Crippen LogP contribution in [0.1, 0.15) is 23.9 Å². The first-order valence-corrected chi connectivity index (χ1v) is 11.2. The molecule has 10 nitrogen and oxygen atoms in total. The molecule has 11 heteroatoms. The van der Waals surface area contributed by atoms with Crippen molar-refractivity contribution < 1.29 is 19.2 Å². The lowest BCUT2D eigenvalue weighted by atomic mass is 10.2. The molecule has 3 rings (SSSR count). The van der Waals surface area contributed by atoms with E-state index in [4.69, 9.17) is 9.47 Å². The van der Waals surface area contributed by atoms with Crippen molar-refractivity contribution in [2.75, 3.05) is 18.2 Å². The number of methoxy groups -OCH3 is 1. The molecule has 3 aromatic rings. The van der Waals surface area contributed by atoms with Crippen LogP contribution in [-0.2, 0) is 17.9 Å². The Bertz CT molecular complexity index is 1160.